The van der Waals surface area contributed by atoms with Crippen LogP contribution in [0.5, 0.6) is 5.75 Å². The van der Waals surface area contributed by atoms with E-state index in [0.717, 1.165) is 0 Å². The van der Waals surface area contributed by atoms with Crippen LogP contribution in [0.15, 0.2) is 24.3 Å². The van der Waals surface area contributed by atoms with Crippen molar-refractivity contribution >= 4 is 24.0 Å². The van der Waals surface area contributed by atoms with Crippen LogP contribution >= 0.6 is 12.4 Å². The van der Waals surface area contributed by atoms with Crippen molar-refractivity contribution in [2.75, 3.05) is 5.32 Å². The maximum Gasteiger partial charge on any atom is 0.224 e. The molecule has 0 aliphatic heterocycles. The monoisotopic (exact) mass is 286 g/mol. The molecule has 0 fully saturated rings. The normalized spacial score (nSPS) is 11.6. The summed E-state index contributed by atoms with van der Waals surface area (Å²) in [6.45, 7) is 5.80. The predicted octanol–water partition coefficient (Wildman–Crippen LogP) is 2.96. The average molecular weight is 287 g/mol. The summed E-state index contributed by atoms with van der Waals surface area (Å²) < 4.78 is 5.63. The van der Waals surface area contributed by atoms with Gasteiger partial charge in [-0.1, -0.05) is 12.1 Å². The molecule has 1 atom stereocenters. The summed E-state index contributed by atoms with van der Waals surface area (Å²) in [5.41, 5.74) is 6.33. The standard InChI is InChI=1S/C14H22N2O2.ClH/c1-10(2)18-13-7-5-4-6-12(13)16-14(17)9-8-11(3)15;/h4-7,10-11H,8-9,15H2,1-3H3,(H,16,17);1H. The summed E-state index contributed by atoms with van der Waals surface area (Å²) in [5, 5.41) is 2.85. The van der Waals surface area contributed by atoms with Gasteiger partial charge in [0.2, 0.25) is 5.91 Å². The third-order valence-corrected chi connectivity index (χ3v) is 2.35. The number of rotatable bonds is 6. The van der Waals surface area contributed by atoms with Crippen LogP contribution in [-0.4, -0.2) is 18.1 Å². The summed E-state index contributed by atoms with van der Waals surface area (Å²) in [4.78, 5) is 11.7. The summed E-state index contributed by atoms with van der Waals surface area (Å²) >= 11 is 0. The number of para-hydroxylation sites is 2. The van der Waals surface area contributed by atoms with Gasteiger partial charge in [-0.25, -0.2) is 0 Å². The van der Waals surface area contributed by atoms with Gasteiger partial charge in [0.25, 0.3) is 0 Å². The Morgan fingerprint density at radius 3 is 2.53 bits per heavy atom. The number of anilines is 1. The number of hydrogen-bond donors (Lipinski definition) is 2. The number of carbonyl (C=O) groups excluding carboxylic acids is 1. The largest absolute Gasteiger partial charge is 0.489 e. The topological polar surface area (TPSA) is 64.4 Å². The van der Waals surface area contributed by atoms with Crippen molar-refractivity contribution < 1.29 is 9.53 Å². The molecule has 1 unspecified atom stereocenters. The second-order valence-electron chi connectivity index (χ2n) is 4.73. The molecule has 1 amide bonds. The molecule has 0 saturated heterocycles. The fraction of sp³-hybridized carbons (Fsp3) is 0.500. The number of benzene rings is 1. The molecule has 0 saturated carbocycles. The van der Waals surface area contributed by atoms with E-state index in [1.165, 1.54) is 0 Å². The lowest BCUT2D eigenvalue weighted by Gasteiger charge is -2.15. The average Bonchev–Trinajstić information content (AvgIpc) is 2.28. The molecule has 0 aliphatic rings. The number of amides is 1. The summed E-state index contributed by atoms with van der Waals surface area (Å²) in [6.07, 6.45) is 1.18. The van der Waals surface area contributed by atoms with Gasteiger partial charge < -0.3 is 15.8 Å². The molecule has 1 rings (SSSR count). The number of nitrogens with two attached hydrogens (primary N) is 1. The van der Waals surface area contributed by atoms with Crippen molar-refractivity contribution in [1.29, 1.82) is 0 Å². The Kier molecular flexibility index (Phi) is 8.19. The lowest BCUT2D eigenvalue weighted by molar-refractivity contribution is -0.116. The first-order valence-corrected chi connectivity index (χ1v) is 6.30. The zero-order valence-electron chi connectivity index (χ0n) is 11.7. The minimum atomic E-state index is -0.0351. The molecule has 0 spiro atoms. The highest BCUT2D eigenvalue weighted by molar-refractivity contribution is 5.92. The van der Waals surface area contributed by atoms with Crippen LogP contribution < -0.4 is 15.8 Å². The third-order valence-electron chi connectivity index (χ3n) is 2.35. The van der Waals surface area contributed by atoms with Crippen LogP contribution in [0, 0.1) is 0 Å². The highest BCUT2D eigenvalue weighted by Crippen LogP contribution is 2.25. The van der Waals surface area contributed by atoms with Gasteiger partial charge in [0.1, 0.15) is 5.75 Å². The molecule has 0 radical (unpaired) electrons. The van der Waals surface area contributed by atoms with Crippen molar-refractivity contribution in [3.8, 4) is 5.75 Å². The number of carbonyl (C=O) groups is 1. The highest BCUT2D eigenvalue weighted by atomic mass is 35.5. The van der Waals surface area contributed by atoms with Crippen molar-refractivity contribution in [3.63, 3.8) is 0 Å². The van der Waals surface area contributed by atoms with Gasteiger partial charge >= 0.3 is 0 Å². The molecule has 1 aromatic rings. The van der Waals surface area contributed by atoms with Crippen LogP contribution in [0.4, 0.5) is 5.69 Å². The summed E-state index contributed by atoms with van der Waals surface area (Å²) in [6, 6.07) is 7.48. The molecular formula is C14H23ClN2O2. The Morgan fingerprint density at radius 2 is 1.95 bits per heavy atom. The van der Waals surface area contributed by atoms with Crippen molar-refractivity contribution in [2.45, 2.75) is 45.8 Å². The van der Waals surface area contributed by atoms with Crippen LogP contribution in [0.3, 0.4) is 0 Å². The SMILES string of the molecule is CC(N)CCC(=O)Nc1ccccc1OC(C)C.Cl. The molecule has 0 heterocycles. The Labute approximate surface area is 121 Å². The summed E-state index contributed by atoms with van der Waals surface area (Å²) in [7, 11) is 0. The van der Waals surface area contributed by atoms with Crippen LogP contribution in [0.25, 0.3) is 0 Å². The second-order valence-corrected chi connectivity index (χ2v) is 4.73. The molecule has 0 aliphatic carbocycles. The minimum Gasteiger partial charge on any atom is -0.489 e. The molecule has 108 valence electrons. The smallest absolute Gasteiger partial charge is 0.224 e. The first kappa shape index (κ1) is 17.7. The van der Waals surface area contributed by atoms with Gasteiger partial charge in [0.15, 0.2) is 0 Å². The fourth-order valence-electron chi connectivity index (χ4n) is 1.50. The van der Waals surface area contributed by atoms with Crippen LogP contribution in [0.2, 0.25) is 0 Å². The Hall–Kier alpha value is -1.26. The van der Waals surface area contributed by atoms with Gasteiger partial charge in [-0.15, -0.1) is 12.4 Å². The molecule has 1 aromatic carbocycles. The van der Waals surface area contributed by atoms with E-state index >= 15 is 0 Å². The number of hydrogen-bond acceptors (Lipinski definition) is 3. The van der Waals surface area contributed by atoms with E-state index in [4.69, 9.17) is 10.5 Å². The van der Waals surface area contributed by atoms with Gasteiger partial charge in [0, 0.05) is 12.5 Å². The molecule has 4 nitrogen and oxygen atoms in total. The van der Waals surface area contributed by atoms with Crippen LogP contribution in [-0.2, 0) is 4.79 Å². The number of ether oxygens (including phenoxy) is 1. The lowest BCUT2D eigenvalue weighted by Crippen LogP contribution is -2.20. The van der Waals surface area contributed by atoms with E-state index in [2.05, 4.69) is 5.32 Å². The van der Waals surface area contributed by atoms with E-state index in [1.807, 2.05) is 45.0 Å². The first-order valence-electron chi connectivity index (χ1n) is 6.30. The zero-order valence-corrected chi connectivity index (χ0v) is 12.5. The Balaban J connectivity index is 0.00000324. The molecule has 5 heteroatoms. The third kappa shape index (κ3) is 7.03. The van der Waals surface area contributed by atoms with Gasteiger partial charge in [0.05, 0.1) is 11.8 Å². The highest BCUT2D eigenvalue weighted by Gasteiger charge is 2.09. The van der Waals surface area contributed by atoms with E-state index in [-0.39, 0.29) is 30.5 Å². The van der Waals surface area contributed by atoms with Crippen molar-refractivity contribution in [2.24, 2.45) is 5.73 Å². The molecular weight excluding hydrogens is 264 g/mol. The second kappa shape index (κ2) is 8.77. The first-order chi connectivity index (χ1) is 8.49. The fourth-order valence-corrected chi connectivity index (χ4v) is 1.50. The molecule has 0 aromatic heterocycles. The predicted molar refractivity (Wildman–Crippen MR) is 81.0 cm³/mol. The molecule has 19 heavy (non-hydrogen) atoms. The Bertz CT molecular complexity index is 395. The maximum absolute atomic E-state index is 11.7. The Morgan fingerprint density at radius 1 is 1.32 bits per heavy atom. The number of nitrogens with one attached hydrogen (secondary N) is 1. The van der Waals surface area contributed by atoms with E-state index in [9.17, 15) is 4.79 Å². The molecule has 0 bridgehead atoms. The quantitative estimate of drug-likeness (QED) is 0.845. The zero-order chi connectivity index (χ0) is 13.5. The van der Waals surface area contributed by atoms with Crippen molar-refractivity contribution in [1.82, 2.24) is 0 Å². The van der Waals surface area contributed by atoms with Gasteiger partial charge in [-0.2, -0.15) is 0 Å². The van der Waals surface area contributed by atoms with Gasteiger partial charge in [-0.05, 0) is 39.3 Å². The van der Waals surface area contributed by atoms with E-state index in [0.29, 0.717) is 24.3 Å². The molecule has 3 N–H and O–H groups in total. The van der Waals surface area contributed by atoms with Crippen molar-refractivity contribution in [3.05, 3.63) is 24.3 Å². The maximum atomic E-state index is 11.7. The minimum absolute atomic E-state index is 0. The van der Waals surface area contributed by atoms with Crippen LogP contribution in [0.1, 0.15) is 33.6 Å². The lowest BCUT2D eigenvalue weighted by atomic mass is 10.2. The number of halogens is 1. The van der Waals surface area contributed by atoms with E-state index in [1.54, 1.807) is 0 Å². The van der Waals surface area contributed by atoms with Gasteiger partial charge in [-0.3, -0.25) is 4.79 Å². The summed E-state index contributed by atoms with van der Waals surface area (Å²) in [5.74, 6) is 0.661. The van der Waals surface area contributed by atoms with E-state index < -0.39 is 0 Å².